The molecule has 4 rings (SSSR count). The molecule has 2 heterocycles. The Morgan fingerprint density at radius 3 is 2.63 bits per heavy atom. The average molecular weight is 447 g/mol. The highest BCUT2D eigenvalue weighted by molar-refractivity contribution is 7.88. The summed E-state index contributed by atoms with van der Waals surface area (Å²) in [5.74, 6) is -1.76. The predicted octanol–water partition coefficient (Wildman–Crippen LogP) is 2.34. The van der Waals surface area contributed by atoms with E-state index in [-0.39, 0.29) is 30.1 Å². The maximum Gasteiger partial charge on any atom is 0.534 e. The summed E-state index contributed by atoms with van der Waals surface area (Å²) in [6.07, 6.45) is 1.04. The van der Waals surface area contributed by atoms with Gasteiger partial charge in [0.25, 0.3) is 0 Å². The van der Waals surface area contributed by atoms with Crippen LogP contribution in [0.25, 0.3) is 0 Å². The molecular formula is C19H20F3NO6S. The van der Waals surface area contributed by atoms with Gasteiger partial charge in [0, 0.05) is 18.9 Å². The van der Waals surface area contributed by atoms with Gasteiger partial charge in [-0.1, -0.05) is 13.0 Å². The molecule has 1 aliphatic carbocycles. The van der Waals surface area contributed by atoms with Crippen molar-refractivity contribution in [2.24, 2.45) is 17.8 Å². The van der Waals surface area contributed by atoms with Gasteiger partial charge in [-0.3, -0.25) is 9.59 Å². The van der Waals surface area contributed by atoms with Crippen LogP contribution in [0.4, 0.5) is 13.2 Å². The molecule has 3 aliphatic rings. The minimum Gasteiger partial charge on any atom is -0.469 e. The van der Waals surface area contributed by atoms with Crippen molar-refractivity contribution in [1.82, 2.24) is 4.90 Å². The van der Waals surface area contributed by atoms with E-state index in [0.717, 1.165) is 11.6 Å². The summed E-state index contributed by atoms with van der Waals surface area (Å²) in [5, 5.41) is 0. The average Bonchev–Trinajstić information content (AvgIpc) is 3.07. The van der Waals surface area contributed by atoms with Gasteiger partial charge in [-0.05, 0) is 42.0 Å². The zero-order valence-electron chi connectivity index (χ0n) is 16.2. The Balaban J connectivity index is 1.77. The number of halogens is 3. The van der Waals surface area contributed by atoms with Crippen LogP contribution in [0.15, 0.2) is 18.2 Å². The molecule has 11 heteroatoms. The van der Waals surface area contributed by atoms with E-state index in [0.29, 0.717) is 24.9 Å². The summed E-state index contributed by atoms with van der Waals surface area (Å²) < 4.78 is 69.8. The summed E-state index contributed by atoms with van der Waals surface area (Å²) >= 11 is 0. The second-order valence-corrected chi connectivity index (χ2v) is 9.60. The molecule has 30 heavy (non-hydrogen) atoms. The smallest absolute Gasteiger partial charge is 0.469 e. The zero-order chi connectivity index (χ0) is 22.1. The lowest BCUT2D eigenvalue weighted by Crippen LogP contribution is -2.49. The molecule has 0 N–H and O–H groups in total. The van der Waals surface area contributed by atoms with E-state index >= 15 is 0 Å². The lowest BCUT2D eigenvalue weighted by atomic mass is 9.74. The molecule has 0 bridgehead atoms. The van der Waals surface area contributed by atoms with Crippen molar-refractivity contribution in [2.75, 3.05) is 13.7 Å². The molecule has 0 radical (unpaired) electrons. The monoisotopic (exact) mass is 447 g/mol. The van der Waals surface area contributed by atoms with E-state index in [4.69, 9.17) is 4.74 Å². The Morgan fingerprint density at radius 2 is 2.00 bits per heavy atom. The molecule has 1 amide bonds. The van der Waals surface area contributed by atoms with Gasteiger partial charge in [0.15, 0.2) is 0 Å². The SMILES string of the molecule is COC(=O)[C@@H]1[C@@H](C)C[C@@]23c4ccc(OS(=O)(=O)C(F)(F)F)cc4CCN2C(=O)C[C@@H]13. The maximum absolute atomic E-state index is 12.7. The number of nitrogens with zero attached hydrogens (tertiary/aromatic N) is 1. The summed E-state index contributed by atoms with van der Waals surface area (Å²) in [4.78, 5) is 26.9. The third-order valence-corrected chi connectivity index (χ3v) is 7.56. The predicted molar refractivity (Wildman–Crippen MR) is 96.5 cm³/mol. The molecule has 1 saturated carbocycles. The maximum atomic E-state index is 12.7. The molecule has 164 valence electrons. The van der Waals surface area contributed by atoms with Crippen molar-refractivity contribution in [3.63, 3.8) is 0 Å². The number of ether oxygens (including phenoxy) is 1. The molecule has 0 aromatic heterocycles. The van der Waals surface area contributed by atoms with Crippen molar-refractivity contribution in [2.45, 2.75) is 37.2 Å². The van der Waals surface area contributed by atoms with Crippen LogP contribution in [0.2, 0.25) is 0 Å². The van der Waals surface area contributed by atoms with Crippen LogP contribution in [0.3, 0.4) is 0 Å². The summed E-state index contributed by atoms with van der Waals surface area (Å²) in [7, 11) is -4.48. The van der Waals surface area contributed by atoms with E-state index in [1.54, 1.807) is 4.90 Å². The van der Waals surface area contributed by atoms with Crippen molar-refractivity contribution in [1.29, 1.82) is 0 Å². The van der Waals surface area contributed by atoms with Crippen LogP contribution in [-0.4, -0.2) is 44.4 Å². The molecule has 1 spiro atoms. The van der Waals surface area contributed by atoms with Crippen LogP contribution in [0.5, 0.6) is 5.75 Å². The van der Waals surface area contributed by atoms with Gasteiger partial charge in [0.1, 0.15) is 5.75 Å². The first-order chi connectivity index (χ1) is 13.9. The van der Waals surface area contributed by atoms with Gasteiger partial charge in [-0.15, -0.1) is 0 Å². The molecule has 1 saturated heterocycles. The fraction of sp³-hybridized carbons (Fsp3) is 0.579. The van der Waals surface area contributed by atoms with Crippen molar-refractivity contribution < 1.29 is 40.1 Å². The molecule has 1 aromatic carbocycles. The highest BCUT2D eigenvalue weighted by atomic mass is 32.2. The quantitative estimate of drug-likeness (QED) is 0.402. The van der Waals surface area contributed by atoms with Gasteiger partial charge in [-0.2, -0.15) is 21.6 Å². The van der Waals surface area contributed by atoms with Crippen molar-refractivity contribution >= 4 is 22.0 Å². The van der Waals surface area contributed by atoms with Crippen LogP contribution >= 0.6 is 0 Å². The number of carbonyl (C=O) groups is 2. The minimum atomic E-state index is -5.78. The number of hydrogen-bond donors (Lipinski definition) is 0. The Bertz CT molecular complexity index is 1020. The fourth-order valence-corrected chi connectivity index (χ4v) is 6.01. The van der Waals surface area contributed by atoms with E-state index < -0.39 is 32.8 Å². The Morgan fingerprint density at radius 1 is 1.30 bits per heavy atom. The number of amides is 1. The molecular weight excluding hydrogens is 427 g/mol. The van der Waals surface area contributed by atoms with Gasteiger partial charge < -0.3 is 13.8 Å². The highest BCUT2D eigenvalue weighted by Crippen LogP contribution is 2.61. The van der Waals surface area contributed by atoms with Crippen LogP contribution < -0.4 is 4.18 Å². The number of methoxy groups -OCH3 is 1. The first-order valence-corrected chi connectivity index (χ1v) is 10.9. The van der Waals surface area contributed by atoms with E-state index in [9.17, 15) is 31.2 Å². The van der Waals surface area contributed by atoms with Crippen molar-refractivity contribution in [3.05, 3.63) is 29.3 Å². The second-order valence-electron chi connectivity index (χ2n) is 8.06. The molecule has 1 aromatic rings. The lowest BCUT2D eigenvalue weighted by Gasteiger charge is -2.44. The standard InChI is InChI=1S/C19H20F3NO6S/c1-10-9-18-13-4-3-12(29-30(26,27)19(20,21)22)7-11(13)5-6-23(18)15(24)8-14(18)16(10)17(25)28-2/h3-4,7,10,14,16H,5-6,8-9H2,1-2H3/t10-,14-,16+,18-/m0/s1. The Hall–Kier alpha value is -2.30. The van der Waals surface area contributed by atoms with Gasteiger partial charge in [0.2, 0.25) is 5.91 Å². The largest absolute Gasteiger partial charge is 0.534 e. The summed E-state index contributed by atoms with van der Waals surface area (Å²) in [6.45, 7) is 2.25. The normalized spacial score (nSPS) is 30.5. The van der Waals surface area contributed by atoms with Crippen LogP contribution in [0.1, 0.15) is 30.9 Å². The molecule has 0 unspecified atom stereocenters. The zero-order valence-corrected chi connectivity index (χ0v) is 17.0. The molecule has 7 nitrogen and oxygen atoms in total. The number of hydrogen-bond acceptors (Lipinski definition) is 6. The topological polar surface area (TPSA) is 90.0 Å². The van der Waals surface area contributed by atoms with E-state index in [2.05, 4.69) is 4.18 Å². The molecule has 4 atom stereocenters. The lowest BCUT2D eigenvalue weighted by molar-refractivity contribution is -0.148. The minimum absolute atomic E-state index is 0.0643. The van der Waals surface area contributed by atoms with E-state index in [1.165, 1.54) is 19.2 Å². The van der Waals surface area contributed by atoms with Crippen LogP contribution in [0, 0.1) is 17.8 Å². The Kier molecular flexibility index (Phi) is 4.61. The third kappa shape index (κ3) is 2.81. The Labute approximate surface area is 171 Å². The second kappa shape index (κ2) is 6.60. The van der Waals surface area contributed by atoms with E-state index in [1.807, 2.05) is 6.92 Å². The van der Waals surface area contributed by atoms with Crippen molar-refractivity contribution in [3.8, 4) is 5.75 Å². The first kappa shape index (κ1) is 21.0. The summed E-state index contributed by atoms with van der Waals surface area (Å²) in [6, 6.07) is 3.96. The number of benzene rings is 1. The van der Waals surface area contributed by atoms with Crippen LogP contribution in [-0.2, 0) is 36.4 Å². The van der Waals surface area contributed by atoms with Gasteiger partial charge in [0.05, 0.1) is 18.6 Å². The molecule has 2 fully saturated rings. The van der Waals surface area contributed by atoms with Gasteiger partial charge in [-0.25, -0.2) is 0 Å². The number of fused-ring (bicyclic) bond motifs is 1. The number of esters is 1. The highest BCUT2D eigenvalue weighted by Gasteiger charge is 2.65. The number of alkyl halides is 3. The number of carbonyl (C=O) groups excluding carboxylic acids is 2. The van der Waals surface area contributed by atoms with Gasteiger partial charge >= 0.3 is 21.6 Å². The molecule has 2 aliphatic heterocycles. The summed E-state index contributed by atoms with van der Waals surface area (Å²) in [5.41, 5.74) is -4.96. The third-order valence-electron chi connectivity index (χ3n) is 6.58. The first-order valence-electron chi connectivity index (χ1n) is 9.45. The number of rotatable bonds is 3. The fourth-order valence-electron chi connectivity index (χ4n) is 5.56.